The first-order valence-corrected chi connectivity index (χ1v) is 9.86. The van der Waals surface area contributed by atoms with Gasteiger partial charge in [0.25, 0.3) is 5.91 Å². The molecule has 148 valence electrons. The Morgan fingerprint density at radius 2 is 1.62 bits per heavy atom. The highest BCUT2D eigenvalue weighted by Gasteiger charge is 2.20. The van der Waals surface area contributed by atoms with Crippen LogP contribution < -0.4 is 15.1 Å². The molecule has 1 fully saturated rings. The molecule has 2 heterocycles. The Hall–Kier alpha value is -3.41. The topological polar surface area (TPSA) is 61.4 Å². The summed E-state index contributed by atoms with van der Waals surface area (Å²) in [6, 6.07) is 18.2. The van der Waals surface area contributed by atoms with Crippen LogP contribution in [0.15, 0.2) is 60.9 Å². The summed E-state index contributed by atoms with van der Waals surface area (Å²) in [5.41, 5.74) is 4.55. The fourth-order valence-corrected chi connectivity index (χ4v) is 3.53. The lowest BCUT2D eigenvalue weighted by Crippen LogP contribution is -2.46. The van der Waals surface area contributed by atoms with E-state index in [1.54, 1.807) is 6.07 Å². The van der Waals surface area contributed by atoms with Gasteiger partial charge < -0.3 is 15.1 Å². The number of hydrogen-bond donors (Lipinski definition) is 1. The zero-order valence-electron chi connectivity index (χ0n) is 16.8. The van der Waals surface area contributed by atoms with Gasteiger partial charge in [0.1, 0.15) is 17.8 Å². The van der Waals surface area contributed by atoms with Gasteiger partial charge in [-0.1, -0.05) is 30.3 Å². The van der Waals surface area contributed by atoms with E-state index >= 15 is 0 Å². The summed E-state index contributed by atoms with van der Waals surface area (Å²) < 4.78 is 0. The Balaban J connectivity index is 1.44. The Morgan fingerprint density at radius 3 is 2.38 bits per heavy atom. The van der Waals surface area contributed by atoms with E-state index in [4.69, 9.17) is 0 Å². The summed E-state index contributed by atoms with van der Waals surface area (Å²) in [6.07, 6.45) is 1.47. The summed E-state index contributed by atoms with van der Waals surface area (Å²) in [4.78, 5) is 25.9. The van der Waals surface area contributed by atoms with Crippen molar-refractivity contribution < 1.29 is 4.79 Å². The molecule has 1 aliphatic heterocycles. The lowest BCUT2D eigenvalue weighted by atomic mass is 10.1. The maximum absolute atomic E-state index is 12.7. The highest BCUT2D eigenvalue weighted by atomic mass is 16.1. The summed E-state index contributed by atoms with van der Waals surface area (Å²) in [5, 5.41) is 2.97. The number of carbonyl (C=O) groups excluding carboxylic acids is 1. The Kier molecular flexibility index (Phi) is 5.42. The largest absolute Gasteiger partial charge is 0.368 e. The van der Waals surface area contributed by atoms with Gasteiger partial charge in [-0.3, -0.25) is 4.79 Å². The van der Waals surface area contributed by atoms with Gasteiger partial charge in [0.2, 0.25) is 0 Å². The van der Waals surface area contributed by atoms with Crippen molar-refractivity contribution in [2.24, 2.45) is 0 Å². The van der Waals surface area contributed by atoms with E-state index < -0.39 is 0 Å². The average molecular weight is 387 g/mol. The van der Waals surface area contributed by atoms with E-state index in [-0.39, 0.29) is 5.91 Å². The molecule has 0 saturated carbocycles. The number of carbonyl (C=O) groups is 1. The molecular formula is C23H25N5O. The molecule has 0 aliphatic carbocycles. The van der Waals surface area contributed by atoms with Crippen LogP contribution in [0.25, 0.3) is 0 Å². The SMILES string of the molecule is Cc1ccc(C)c(NC(=O)c2cc(N3CCN(c4ccccc4)CC3)ncn2)c1. The molecule has 1 aliphatic rings. The van der Waals surface area contributed by atoms with Crippen LogP contribution in [0.5, 0.6) is 0 Å². The number of anilines is 3. The van der Waals surface area contributed by atoms with E-state index in [9.17, 15) is 4.79 Å². The van der Waals surface area contributed by atoms with Gasteiger partial charge in [-0.15, -0.1) is 0 Å². The van der Waals surface area contributed by atoms with E-state index in [2.05, 4.69) is 49.4 Å². The number of rotatable bonds is 4. The molecule has 0 spiro atoms. The van der Waals surface area contributed by atoms with Crippen molar-refractivity contribution in [3.63, 3.8) is 0 Å². The number of aryl methyl sites for hydroxylation is 2. The van der Waals surface area contributed by atoms with Gasteiger partial charge >= 0.3 is 0 Å². The van der Waals surface area contributed by atoms with Gasteiger partial charge in [0.15, 0.2) is 0 Å². The van der Waals surface area contributed by atoms with Crippen LogP contribution in [-0.4, -0.2) is 42.1 Å². The second-order valence-corrected chi connectivity index (χ2v) is 7.34. The Labute approximate surface area is 171 Å². The predicted molar refractivity (Wildman–Crippen MR) is 117 cm³/mol. The molecule has 0 bridgehead atoms. The number of benzene rings is 2. The second kappa shape index (κ2) is 8.31. The van der Waals surface area contributed by atoms with E-state index in [1.807, 2.05) is 38.1 Å². The van der Waals surface area contributed by atoms with E-state index in [1.165, 1.54) is 12.0 Å². The maximum Gasteiger partial charge on any atom is 0.274 e. The lowest BCUT2D eigenvalue weighted by molar-refractivity contribution is 0.102. The van der Waals surface area contributed by atoms with Crippen LogP contribution in [0, 0.1) is 13.8 Å². The summed E-state index contributed by atoms with van der Waals surface area (Å²) in [7, 11) is 0. The third-order valence-corrected chi connectivity index (χ3v) is 5.25. The number of nitrogens with zero attached hydrogens (tertiary/aromatic N) is 4. The number of piperazine rings is 1. The molecular weight excluding hydrogens is 362 g/mol. The summed E-state index contributed by atoms with van der Waals surface area (Å²) in [6.45, 7) is 7.52. The summed E-state index contributed by atoms with van der Waals surface area (Å²) >= 11 is 0. The first kappa shape index (κ1) is 18.9. The Morgan fingerprint density at radius 1 is 0.897 bits per heavy atom. The maximum atomic E-state index is 12.7. The highest BCUT2D eigenvalue weighted by Crippen LogP contribution is 2.20. The van der Waals surface area contributed by atoms with Crippen LogP contribution >= 0.6 is 0 Å². The standard InChI is InChI=1S/C23H25N5O/c1-17-8-9-18(2)20(14-17)26-23(29)21-15-22(25-16-24-21)28-12-10-27(11-13-28)19-6-4-3-5-7-19/h3-9,14-16H,10-13H2,1-2H3,(H,26,29). The lowest BCUT2D eigenvalue weighted by Gasteiger charge is -2.36. The van der Waals surface area contributed by atoms with Crippen molar-refractivity contribution in [2.75, 3.05) is 41.3 Å². The molecule has 1 aromatic heterocycles. The van der Waals surface area contributed by atoms with Gasteiger partial charge in [-0.05, 0) is 43.2 Å². The third-order valence-electron chi connectivity index (χ3n) is 5.25. The van der Waals surface area contributed by atoms with Crippen molar-refractivity contribution in [1.29, 1.82) is 0 Å². The molecule has 6 heteroatoms. The smallest absolute Gasteiger partial charge is 0.274 e. The van der Waals surface area contributed by atoms with Crippen LogP contribution in [0.3, 0.4) is 0 Å². The second-order valence-electron chi connectivity index (χ2n) is 7.34. The highest BCUT2D eigenvalue weighted by molar-refractivity contribution is 6.03. The van der Waals surface area contributed by atoms with Crippen LogP contribution in [-0.2, 0) is 0 Å². The average Bonchev–Trinajstić information content (AvgIpc) is 2.77. The van der Waals surface area contributed by atoms with Gasteiger partial charge in [-0.25, -0.2) is 9.97 Å². The monoisotopic (exact) mass is 387 g/mol. The van der Waals surface area contributed by atoms with Gasteiger partial charge in [0.05, 0.1) is 0 Å². The zero-order valence-corrected chi connectivity index (χ0v) is 16.8. The number of para-hydroxylation sites is 1. The fraction of sp³-hybridized carbons (Fsp3) is 0.261. The fourth-order valence-electron chi connectivity index (χ4n) is 3.53. The van der Waals surface area contributed by atoms with E-state index in [0.717, 1.165) is 48.8 Å². The molecule has 0 atom stereocenters. The number of hydrogen-bond acceptors (Lipinski definition) is 5. The van der Waals surface area contributed by atoms with Gasteiger partial charge in [0, 0.05) is 43.6 Å². The van der Waals surface area contributed by atoms with Gasteiger partial charge in [-0.2, -0.15) is 0 Å². The quantitative estimate of drug-likeness (QED) is 0.740. The molecule has 6 nitrogen and oxygen atoms in total. The molecule has 29 heavy (non-hydrogen) atoms. The zero-order chi connectivity index (χ0) is 20.2. The molecule has 1 saturated heterocycles. The minimum absolute atomic E-state index is 0.217. The molecule has 2 aromatic carbocycles. The van der Waals surface area contributed by atoms with Crippen LogP contribution in [0.2, 0.25) is 0 Å². The Bertz CT molecular complexity index is 997. The number of amides is 1. The molecule has 3 aromatic rings. The summed E-state index contributed by atoms with van der Waals surface area (Å²) in [5.74, 6) is 0.573. The van der Waals surface area contributed by atoms with Crippen LogP contribution in [0.4, 0.5) is 17.2 Å². The molecule has 0 radical (unpaired) electrons. The predicted octanol–water partition coefficient (Wildman–Crippen LogP) is 3.67. The first-order valence-electron chi connectivity index (χ1n) is 9.86. The van der Waals surface area contributed by atoms with Crippen molar-refractivity contribution in [2.45, 2.75) is 13.8 Å². The van der Waals surface area contributed by atoms with Crippen LogP contribution in [0.1, 0.15) is 21.6 Å². The van der Waals surface area contributed by atoms with Crippen molar-refractivity contribution in [3.05, 3.63) is 77.7 Å². The van der Waals surface area contributed by atoms with Crippen molar-refractivity contribution in [3.8, 4) is 0 Å². The molecule has 0 unspecified atom stereocenters. The number of aromatic nitrogens is 2. The number of nitrogens with one attached hydrogen (secondary N) is 1. The first-order chi connectivity index (χ1) is 14.1. The molecule has 1 amide bonds. The van der Waals surface area contributed by atoms with Crippen molar-refractivity contribution >= 4 is 23.1 Å². The normalized spacial score (nSPS) is 14.0. The third kappa shape index (κ3) is 4.37. The molecule has 4 rings (SSSR count). The van der Waals surface area contributed by atoms with Crippen molar-refractivity contribution in [1.82, 2.24) is 9.97 Å². The molecule has 1 N–H and O–H groups in total. The van der Waals surface area contributed by atoms with E-state index in [0.29, 0.717) is 5.69 Å². The minimum atomic E-state index is -0.217. The minimum Gasteiger partial charge on any atom is -0.368 e.